The molecular weight excluding hydrogens is 292 g/mol. The fourth-order valence-corrected chi connectivity index (χ4v) is 4.14. The molecule has 0 amide bonds. The van der Waals surface area contributed by atoms with Crippen molar-refractivity contribution in [2.75, 3.05) is 26.1 Å². The predicted molar refractivity (Wildman–Crippen MR) is 76.4 cm³/mol. The van der Waals surface area contributed by atoms with Crippen LogP contribution in [-0.4, -0.2) is 40.5 Å². The number of methoxy groups -OCH3 is 1. The summed E-state index contributed by atoms with van der Waals surface area (Å²) in [7, 11) is -2.45. The van der Waals surface area contributed by atoms with E-state index in [1.807, 2.05) is 0 Å². The van der Waals surface area contributed by atoms with Crippen LogP contribution in [0, 0.1) is 5.41 Å². The standard InChI is InChI=1S/C15H16O5S/c1-3-12-9-20-10-15(12,14(16)19-2)11-21(17,18)13-7-5-4-6-8-13/h4-8H,1,9-11H2,2H3. The van der Waals surface area contributed by atoms with E-state index in [0.717, 1.165) is 0 Å². The molecule has 5 nitrogen and oxygen atoms in total. The molecule has 1 unspecified atom stereocenters. The summed E-state index contributed by atoms with van der Waals surface area (Å²) in [5, 5.41) is 0. The number of sulfone groups is 1. The fourth-order valence-electron chi connectivity index (χ4n) is 2.37. The van der Waals surface area contributed by atoms with E-state index in [1.54, 1.807) is 18.2 Å². The summed E-state index contributed by atoms with van der Waals surface area (Å²) in [6.07, 6.45) is 0. The molecule has 21 heavy (non-hydrogen) atoms. The van der Waals surface area contributed by atoms with Crippen LogP contribution in [0.3, 0.4) is 0 Å². The van der Waals surface area contributed by atoms with E-state index in [2.05, 4.69) is 12.3 Å². The van der Waals surface area contributed by atoms with E-state index in [9.17, 15) is 13.2 Å². The van der Waals surface area contributed by atoms with E-state index < -0.39 is 27.0 Å². The number of esters is 1. The third kappa shape index (κ3) is 2.78. The zero-order chi connectivity index (χ0) is 15.5. The van der Waals surface area contributed by atoms with Crippen molar-refractivity contribution in [3.05, 3.63) is 48.2 Å². The van der Waals surface area contributed by atoms with Crippen LogP contribution in [-0.2, 0) is 24.1 Å². The third-order valence-corrected chi connectivity index (χ3v) is 5.36. The van der Waals surface area contributed by atoms with Gasteiger partial charge in [0.25, 0.3) is 0 Å². The van der Waals surface area contributed by atoms with Crippen molar-refractivity contribution in [3.63, 3.8) is 0 Å². The highest BCUT2D eigenvalue weighted by Gasteiger charge is 2.51. The Balaban J connectivity index is 2.46. The molecule has 2 rings (SSSR count). The van der Waals surface area contributed by atoms with Gasteiger partial charge in [0.15, 0.2) is 9.84 Å². The monoisotopic (exact) mass is 308 g/mol. The van der Waals surface area contributed by atoms with Gasteiger partial charge in [0.05, 0.1) is 31.0 Å². The van der Waals surface area contributed by atoms with Gasteiger partial charge in [0.1, 0.15) is 5.41 Å². The van der Waals surface area contributed by atoms with Crippen molar-refractivity contribution in [2.45, 2.75) is 4.90 Å². The van der Waals surface area contributed by atoms with Gasteiger partial charge in [-0.3, -0.25) is 4.79 Å². The molecule has 1 aromatic carbocycles. The Morgan fingerprint density at radius 1 is 1.43 bits per heavy atom. The van der Waals surface area contributed by atoms with Gasteiger partial charge in [-0.1, -0.05) is 24.8 Å². The molecule has 0 saturated carbocycles. The van der Waals surface area contributed by atoms with Gasteiger partial charge in [-0.2, -0.15) is 0 Å². The number of carbonyl (C=O) groups is 1. The molecule has 0 aliphatic carbocycles. The molecule has 0 radical (unpaired) electrons. The Labute approximate surface area is 123 Å². The lowest BCUT2D eigenvalue weighted by atomic mass is 9.85. The normalized spacial score (nSPS) is 21.9. The molecule has 0 bridgehead atoms. The van der Waals surface area contributed by atoms with Crippen LogP contribution in [0.1, 0.15) is 0 Å². The lowest BCUT2D eigenvalue weighted by Crippen LogP contribution is -2.41. The van der Waals surface area contributed by atoms with E-state index in [0.29, 0.717) is 5.57 Å². The van der Waals surface area contributed by atoms with Crippen LogP contribution >= 0.6 is 0 Å². The molecule has 1 aliphatic heterocycles. The number of hydrogen-bond donors (Lipinski definition) is 0. The van der Waals surface area contributed by atoms with Crippen molar-refractivity contribution in [1.82, 2.24) is 0 Å². The Morgan fingerprint density at radius 3 is 2.67 bits per heavy atom. The summed E-state index contributed by atoms with van der Waals surface area (Å²) in [4.78, 5) is 12.3. The first kappa shape index (κ1) is 15.5. The molecule has 1 aliphatic rings. The van der Waals surface area contributed by atoms with Crippen molar-refractivity contribution in [3.8, 4) is 0 Å². The van der Waals surface area contributed by atoms with Crippen LogP contribution in [0.25, 0.3) is 0 Å². The smallest absolute Gasteiger partial charge is 0.320 e. The zero-order valence-electron chi connectivity index (χ0n) is 11.7. The summed E-state index contributed by atoms with van der Waals surface area (Å²) < 4.78 is 35.1. The predicted octanol–water partition coefficient (Wildman–Crippen LogP) is 1.36. The van der Waals surface area contributed by atoms with Gasteiger partial charge >= 0.3 is 5.97 Å². The molecule has 6 heteroatoms. The number of rotatable bonds is 4. The SMILES string of the molecule is C=C=C1COCC1(CS(=O)(=O)c1ccccc1)C(=O)OC. The largest absolute Gasteiger partial charge is 0.468 e. The minimum absolute atomic E-state index is 0.0520. The lowest BCUT2D eigenvalue weighted by molar-refractivity contribution is -0.149. The first-order valence-electron chi connectivity index (χ1n) is 6.29. The minimum Gasteiger partial charge on any atom is -0.468 e. The number of ether oxygens (including phenoxy) is 2. The topological polar surface area (TPSA) is 69.7 Å². The van der Waals surface area contributed by atoms with Crippen molar-refractivity contribution >= 4 is 15.8 Å². The van der Waals surface area contributed by atoms with Crippen LogP contribution in [0.5, 0.6) is 0 Å². The molecule has 1 saturated heterocycles. The quantitative estimate of drug-likeness (QED) is 0.620. The Kier molecular flexibility index (Phi) is 4.32. The highest BCUT2D eigenvalue weighted by Crippen LogP contribution is 2.37. The Morgan fingerprint density at radius 2 is 2.10 bits per heavy atom. The van der Waals surface area contributed by atoms with Gasteiger partial charge in [0.2, 0.25) is 0 Å². The van der Waals surface area contributed by atoms with E-state index >= 15 is 0 Å². The second-order valence-electron chi connectivity index (χ2n) is 4.79. The molecule has 0 N–H and O–H groups in total. The van der Waals surface area contributed by atoms with E-state index in [-0.39, 0.29) is 18.1 Å². The maximum Gasteiger partial charge on any atom is 0.320 e. The third-order valence-electron chi connectivity index (χ3n) is 3.50. The molecule has 0 aromatic heterocycles. The molecule has 0 spiro atoms. The number of carbonyl (C=O) groups excluding carboxylic acids is 1. The van der Waals surface area contributed by atoms with Gasteiger partial charge < -0.3 is 9.47 Å². The lowest BCUT2D eigenvalue weighted by Gasteiger charge is -2.24. The van der Waals surface area contributed by atoms with Crippen LogP contribution in [0.15, 0.2) is 53.1 Å². The highest BCUT2D eigenvalue weighted by molar-refractivity contribution is 7.91. The second-order valence-corrected chi connectivity index (χ2v) is 6.78. The van der Waals surface area contributed by atoms with Crippen molar-refractivity contribution in [1.29, 1.82) is 0 Å². The second kappa shape index (κ2) is 5.85. The van der Waals surface area contributed by atoms with Crippen molar-refractivity contribution < 1.29 is 22.7 Å². The summed E-state index contributed by atoms with van der Waals surface area (Å²) in [5.74, 6) is -1.07. The van der Waals surface area contributed by atoms with Gasteiger partial charge in [0, 0.05) is 5.57 Å². The average molecular weight is 308 g/mol. The number of hydrogen-bond acceptors (Lipinski definition) is 5. The van der Waals surface area contributed by atoms with E-state index in [1.165, 1.54) is 19.2 Å². The summed E-state index contributed by atoms with van der Waals surface area (Å²) in [6.45, 7) is 3.59. The molecule has 1 atom stereocenters. The maximum absolute atomic E-state index is 12.6. The average Bonchev–Trinajstić information content (AvgIpc) is 2.90. The fraction of sp³-hybridized carbons (Fsp3) is 0.333. The van der Waals surface area contributed by atoms with Crippen LogP contribution < -0.4 is 0 Å². The maximum atomic E-state index is 12.6. The molecule has 1 heterocycles. The highest BCUT2D eigenvalue weighted by atomic mass is 32.2. The zero-order valence-corrected chi connectivity index (χ0v) is 12.5. The molecule has 1 aromatic rings. The summed E-state index contributed by atoms with van der Waals surface area (Å²) in [5.41, 5.74) is 1.66. The first-order chi connectivity index (χ1) is 9.96. The van der Waals surface area contributed by atoms with Crippen molar-refractivity contribution in [2.24, 2.45) is 5.41 Å². The Hall–Kier alpha value is -1.88. The summed E-state index contributed by atoms with van der Waals surface area (Å²) in [6, 6.07) is 7.98. The first-order valence-corrected chi connectivity index (χ1v) is 7.95. The van der Waals surface area contributed by atoms with Gasteiger partial charge in [-0.15, -0.1) is 5.73 Å². The van der Waals surface area contributed by atoms with Crippen LogP contribution in [0.2, 0.25) is 0 Å². The summed E-state index contributed by atoms with van der Waals surface area (Å²) >= 11 is 0. The minimum atomic E-state index is -3.67. The van der Waals surface area contributed by atoms with Crippen LogP contribution in [0.4, 0.5) is 0 Å². The van der Waals surface area contributed by atoms with Gasteiger partial charge in [-0.05, 0) is 12.1 Å². The molecule has 112 valence electrons. The molecular formula is C15H16O5S. The van der Waals surface area contributed by atoms with Gasteiger partial charge in [-0.25, -0.2) is 8.42 Å². The number of benzene rings is 1. The molecule has 1 fully saturated rings. The van der Waals surface area contributed by atoms with E-state index in [4.69, 9.17) is 9.47 Å². The Bertz CT molecular complexity index is 686.